The van der Waals surface area contributed by atoms with Crippen LogP contribution in [0.2, 0.25) is 0 Å². The Labute approximate surface area is 80.3 Å². The molecule has 0 radical (unpaired) electrons. The van der Waals surface area contributed by atoms with Gasteiger partial charge in [0.2, 0.25) is 0 Å². The molecule has 0 aliphatic heterocycles. The van der Waals surface area contributed by atoms with Crippen LogP contribution in [0.3, 0.4) is 0 Å². The van der Waals surface area contributed by atoms with Crippen molar-refractivity contribution in [3.63, 3.8) is 0 Å². The van der Waals surface area contributed by atoms with Crippen molar-refractivity contribution in [2.75, 3.05) is 0 Å². The maximum Gasteiger partial charge on any atom is 0.111 e. The molecule has 0 saturated heterocycles. The fraction of sp³-hybridized carbons (Fsp3) is 1.00. The molecule has 1 aliphatic rings. The number of hydrogen-bond acceptors (Lipinski definition) is 1. The fourth-order valence-electron chi connectivity index (χ4n) is 2.58. The van der Waals surface area contributed by atoms with Gasteiger partial charge in [-0.15, -0.1) is 0 Å². The lowest BCUT2D eigenvalue weighted by Crippen LogP contribution is -2.42. The van der Waals surface area contributed by atoms with E-state index in [0.717, 1.165) is 19.3 Å². The van der Waals surface area contributed by atoms with Gasteiger partial charge in [-0.1, -0.05) is 13.8 Å². The topological polar surface area (TPSA) is 20.2 Å². The average molecular weight is 188 g/mol. The van der Waals surface area contributed by atoms with Gasteiger partial charge < -0.3 is 5.11 Å². The van der Waals surface area contributed by atoms with Crippen LogP contribution in [-0.4, -0.2) is 16.4 Å². The summed E-state index contributed by atoms with van der Waals surface area (Å²) in [5.74, 6) is 0.443. The number of rotatable bonds is 2. The van der Waals surface area contributed by atoms with E-state index >= 15 is 0 Å². The van der Waals surface area contributed by atoms with Crippen LogP contribution in [0.4, 0.5) is 4.39 Å². The van der Waals surface area contributed by atoms with Crippen LogP contribution in [0.1, 0.15) is 52.9 Å². The van der Waals surface area contributed by atoms with Crippen LogP contribution in [0.25, 0.3) is 0 Å². The third kappa shape index (κ3) is 3.26. The van der Waals surface area contributed by atoms with Crippen molar-refractivity contribution in [1.29, 1.82) is 0 Å². The highest BCUT2D eigenvalue weighted by Gasteiger charge is 2.41. The van der Waals surface area contributed by atoms with E-state index in [0.29, 0.717) is 18.8 Å². The zero-order valence-corrected chi connectivity index (χ0v) is 8.94. The predicted octanol–water partition coefficient (Wildman–Crippen LogP) is 3.07. The van der Waals surface area contributed by atoms with Gasteiger partial charge in [0, 0.05) is 6.42 Å². The Morgan fingerprint density at radius 3 is 2.46 bits per heavy atom. The SMILES string of the molecule is CC(C)C[C@@]1(O)CCCC(C)(F)C1. The fourth-order valence-corrected chi connectivity index (χ4v) is 2.58. The molecule has 0 aromatic heterocycles. The number of hydrogen-bond donors (Lipinski definition) is 1. The molecule has 13 heavy (non-hydrogen) atoms. The maximum atomic E-state index is 13.7. The molecule has 0 amide bonds. The first-order valence-corrected chi connectivity index (χ1v) is 5.24. The second-order valence-electron chi connectivity index (χ2n) is 5.27. The smallest absolute Gasteiger partial charge is 0.111 e. The van der Waals surface area contributed by atoms with E-state index in [1.165, 1.54) is 0 Å². The van der Waals surface area contributed by atoms with Gasteiger partial charge in [0.1, 0.15) is 5.67 Å². The molecule has 0 heterocycles. The molecule has 0 aromatic rings. The molecule has 1 unspecified atom stereocenters. The Morgan fingerprint density at radius 1 is 1.38 bits per heavy atom. The van der Waals surface area contributed by atoms with Gasteiger partial charge in [0.05, 0.1) is 5.60 Å². The monoisotopic (exact) mass is 188 g/mol. The molecule has 2 atom stereocenters. The molecule has 78 valence electrons. The first-order valence-electron chi connectivity index (χ1n) is 5.24. The molecule has 0 spiro atoms. The maximum absolute atomic E-state index is 13.7. The Bertz CT molecular complexity index is 177. The van der Waals surface area contributed by atoms with Gasteiger partial charge >= 0.3 is 0 Å². The number of halogens is 1. The lowest BCUT2D eigenvalue weighted by atomic mass is 9.73. The molecule has 0 bridgehead atoms. The van der Waals surface area contributed by atoms with Crippen LogP contribution >= 0.6 is 0 Å². The molecule has 1 saturated carbocycles. The quantitative estimate of drug-likeness (QED) is 0.706. The summed E-state index contributed by atoms with van der Waals surface area (Å²) in [5, 5.41) is 10.1. The lowest BCUT2D eigenvalue weighted by Gasteiger charge is -2.40. The first kappa shape index (κ1) is 11.0. The minimum Gasteiger partial charge on any atom is -0.390 e. The van der Waals surface area contributed by atoms with Crippen LogP contribution in [-0.2, 0) is 0 Å². The molecule has 1 nitrogen and oxygen atoms in total. The van der Waals surface area contributed by atoms with Gasteiger partial charge in [-0.25, -0.2) is 4.39 Å². The zero-order valence-electron chi connectivity index (χ0n) is 8.94. The van der Waals surface area contributed by atoms with Crippen LogP contribution in [0.15, 0.2) is 0 Å². The van der Waals surface area contributed by atoms with Gasteiger partial charge in [0.15, 0.2) is 0 Å². The summed E-state index contributed by atoms with van der Waals surface area (Å²) < 4.78 is 13.7. The summed E-state index contributed by atoms with van der Waals surface area (Å²) >= 11 is 0. The van der Waals surface area contributed by atoms with Crippen LogP contribution in [0, 0.1) is 5.92 Å². The van der Waals surface area contributed by atoms with Crippen molar-refractivity contribution >= 4 is 0 Å². The normalized spacial score (nSPS) is 41.1. The third-order valence-electron chi connectivity index (χ3n) is 2.83. The Morgan fingerprint density at radius 2 is 2.00 bits per heavy atom. The molecular weight excluding hydrogens is 167 g/mol. The van der Waals surface area contributed by atoms with Crippen molar-refractivity contribution in [3.05, 3.63) is 0 Å². The minimum atomic E-state index is -1.15. The van der Waals surface area contributed by atoms with Gasteiger partial charge in [0.25, 0.3) is 0 Å². The summed E-state index contributed by atoms with van der Waals surface area (Å²) in [6, 6.07) is 0. The van der Waals surface area contributed by atoms with E-state index in [4.69, 9.17) is 0 Å². The van der Waals surface area contributed by atoms with Gasteiger partial charge in [-0.2, -0.15) is 0 Å². The average Bonchev–Trinajstić information content (AvgIpc) is 1.79. The lowest BCUT2D eigenvalue weighted by molar-refractivity contribution is -0.0679. The highest BCUT2D eigenvalue weighted by atomic mass is 19.1. The second kappa shape index (κ2) is 3.56. The van der Waals surface area contributed by atoms with Crippen molar-refractivity contribution in [1.82, 2.24) is 0 Å². The molecule has 2 heteroatoms. The van der Waals surface area contributed by atoms with E-state index in [1.54, 1.807) is 6.92 Å². The van der Waals surface area contributed by atoms with Crippen molar-refractivity contribution < 1.29 is 9.50 Å². The number of aliphatic hydroxyl groups is 1. The minimum absolute atomic E-state index is 0.318. The molecule has 1 fully saturated rings. The molecule has 0 aromatic carbocycles. The second-order valence-corrected chi connectivity index (χ2v) is 5.27. The molecule has 1 rings (SSSR count). The third-order valence-corrected chi connectivity index (χ3v) is 2.83. The largest absolute Gasteiger partial charge is 0.390 e. The number of alkyl halides is 1. The first-order chi connectivity index (χ1) is 5.83. The highest BCUT2D eigenvalue weighted by Crippen LogP contribution is 2.40. The Hall–Kier alpha value is -0.110. The highest BCUT2D eigenvalue weighted by molar-refractivity contribution is 4.93. The summed E-state index contributed by atoms with van der Waals surface area (Å²) in [6.07, 6.45) is 3.24. The molecule has 1 aliphatic carbocycles. The molecule has 1 N–H and O–H groups in total. The Balaban J connectivity index is 2.58. The summed E-state index contributed by atoms with van der Waals surface area (Å²) in [5.41, 5.74) is -1.89. The predicted molar refractivity (Wildman–Crippen MR) is 52.4 cm³/mol. The van der Waals surface area contributed by atoms with Gasteiger partial charge in [-0.05, 0) is 38.5 Å². The summed E-state index contributed by atoms with van der Waals surface area (Å²) in [4.78, 5) is 0. The Kier molecular flexibility index (Phi) is 3.01. The standard InChI is InChI=1S/C11H21FO/c1-9(2)7-11(13)6-4-5-10(3,12)8-11/h9,13H,4-8H2,1-3H3/t10?,11-/m0/s1. The van der Waals surface area contributed by atoms with Crippen molar-refractivity contribution in [2.45, 2.75) is 64.1 Å². The van der Waals surface area contributed by atoms with Crippen LogP contribution < -0.4 is 0 Å². The van der Waals surface area contributed by atoms with E-state index in [-0.39, 0.29) is 0 Å². The van der Waals surface area contributed by atoms with E-state index < -0.39 is 11.3 Å². The molecular formula is C11H21FO. The zero-order chi connectivity index (χ0) is 10.1. The van der Waals surface area contributed by atoms with E-state index in [9.17, 15) is 9.50 Å². The van der Waals surface area contributed by atoms with Crippen LogP contribution in [0.5, 0.6) is 0 Å². The summed E-state index contributed by atoms with van der Waals surface area (Å²) in [6.45, 7) is 5.75. The van der Waals surface area contributed by atoms with Crippen molar-refractivity contribution in [2.24, 2.45) is 5.92 Å². The van der Waals surface area contributed by atoms with Crippen molar-refractivity contribution in [3.8, 4) is 0 Å². The van der Waals surface area contributed by atoms with Gasteiger partial charge in [-0.3, -0.25) is 0 Å². The van der Waals surface area contributed by atoms with E-state index in [2.05, 4.69) is 13.8 Å². The van der Waals surface area contributed by atoms with E-state index in [1.807, 2.05) is 0 Å². The summed E-state index contributed by atoms with van der Waals surface area (Å²) in [7, 11) is 0.